The van der Waals surface area contributed by atoms with Crippen LogP contribution in [0.1, 0.15) is 37.7 Å². The number of carbonyl (C=O) groups excluding carboxylic acids is 1. The van der Waals surface area contributed by atoms with Crippen molar-refractivity contribution in [2.24, 2.45) is 0 Å². The summed E-state index contributed by atoms with van der Waals surface area (Å²) in [7, 11) is 5.90. The third kappa shape index (κ3) is 6.67. The van der Waals surface area contributed by atoms with Crippen LogP contribution in [-0.4, -0.2) is 102 Å². The molecule has 3 rings (SSSR count). The predicted molar refractivity (Wildman–Crippen MR) is 125 cm³/mol. The van der Waals surface area contributed by atoms with Crippen molar-refractivity contribution in [2.75, 3.05) is 47.4 Å². The fourth-order valence-electron chi connectivity index (χ4n) is 5.10. The lowest BCUT2D eigenvalue weighted by Crippen LogP contribution is -2.56. The molecule has 0 atom stereocenters. The maximum atomic E-state index is 13.1. The van der Waals surface area contributed by atoms with Crippen LogP contribution in [0.5, 0.6) is 0 Å². The van der Waals surface area contributed by atoms with Gasteiger partial charge < -0.3 is 24.7 Å². The Balaban J connectivity index is 0.000000572. The van der Waals surface area contributed by atoms with Crippen molar-refractivity contribution in [3.63, 3.8) is 0 Å². The van der Waals surface area contributed by atoms with Gasteiger partial charge in [-0.05, 0) is 45.3 Å². The zero-order valence-electron chi connectivity index (χ0n) is 20.8. The molecule has 1 saturated heterocycles. The van der Waals surface area contributed by atoms with Crippen molar-refractivity contribution in [1.82, 2.24) is 14.7 Å². The van der Waals surface area contributed by atoms with E-state index in [0.717, 1.165) is 25.7 Å². The molecule has 0 bridgehead atoms. The fraction of sp³-hybridized carbons (Fsp3) is 0.625. The summed E-state index contributed by atoms with van der Waals surface area (Å²) in [5.74, 6) is -3.63. The molecule has 1 aromatic carbocycles. The number of aliphatic carboxylic acids is 2. The zero-order valence-corrected chi connectivity index (χ0v) is 20.8. The Morgan fingerprint density at radius 3 is 2.06 bits per heavy atom. The summed E-state index contributed by atoms with van der Waals surface area (Å²) in [6.07, 6.45) is -1.43. The van der Waals surface area contributed by atoms with E-state index in [1.165, 1.54) is 5.56 Å². The second-order valence-electron chi connectivity index (χ2n) is 9.31. The summed E-state index contributed by atoms with van der Waals surface area (Å²) in [5.41, 5.74) is 1.02. The number of carbonyl (C=O) groups is 3. The van der Waals surface area contributed by atoms with E-state index >= 15 is 0 Å². The van der Waals surface area contributed by atoms with Gasteiger partial charge in [0.15, 0.2) is 0 Å². The van der Waals surface area contributed by atoms with E-state index in [9.17, 15) is 22.8 Å². The lowest BCUT2D eigenvalue weighted by molar-refractivity contribution is -0.192. The molecule has 1 heterocycles. The molecule has 0 radical (unpaired) electrons. The average Bonchev–Trinajstić information content (AvgIpc) is 3.07. The molecule has 1 aliphatic carbocycles. The molecule has 1 aromatic rings. The molecule has 0 unspecified atom stereocenters. The van der Waals surface area contributed by atoms with Gasteiger partial charge in [0.25, 0.3) is 0 Å². The number of methoxy groups -OCH3 is 1. The van der Waals surface area contributed by atoms with Crippen molar-refractivity contribution in [3.8, 4) is 0 Å². The van der Waals surface area contributed by atoms with E-state index in [1.54, 1.807) is 12.0 Å². The molecule has 2 N–H and O–H groups in total. The van der Waals surface area contributed by atoms with Gasteiger partial charge in [-0.1, -0.05) is 30.3 Å². The molecule has 2 fully saturated rings. The standard InChI is InChI=1S/C22H33N3O4.C2HF3O2/c1-23(2)22(18-7-5-4-6-8-18)12-10-21(11-13-22)17-24(14-9-19(26)27)20(28)25(21)15-16-29-3;3-2(4,5)1(6)7/h4-8H,9-17H2,1-3H3,(H,26,27);(H,6,7). The minimum atomic E-state index is -5.08. The van der Waals surface area contributed by atoms with Crippen molar-refractivity contribution >= 4 is 18.0 Å². The Kier molecular flexibility index (Phi) is 9.72. The van der Waals surface area contributed by atoms with Gasteiger partial charge in [-0.3, -0.25) is 9.69 Å². The average molecular weight is 518 g/mol. The number of benzene rings is 1. The topological polar surface area (TPSA) is 111 Å². The molecular weight excluding hydrogens is 483 g/mol. The van der Waals surface area contributed by atoms with Gasteiger partial charge in [-0.2, -0.15) is 13.2 Å². The summed E-state index contributed by atoms with van der Waals surface area (Å²) >= 11 is 0. The summed E-state index contributed by atoms with van der Waals surface area (Å²) in [6, 6.07) is 10.5. The molecule has 9 nitrogen and oxygen atoms in total. The number of carboxylic acid groups (broad SMARTS) is 2. The Hall–Kier alpha value is -2.86. The number of hydrogen-bond acceptors (Lipinski definition) is 5. The Morgan fingerprint density at radius 2 is 1.61 bits per heavy atom. The first-order valence-corrected chi connectivity index (χ1v) is 11.6. The van der Waals surface area contributed by atoms with Crippen LogP contribution < -0.4 is 0 Å². The molecule has 1 aliphatic heterocycles. The minimum absolute atomic E-state index is 0.0222. The lowest BCUT2D eigenvalue weighted by atomic mass is 9.68. The first-order chi connectivity index (χ1) is 16.8. The van der Waals surface area contributed by atoms with E-state index in [4.69, 9.17) is 19.7 Å². The largest absolute Gasteiger partial charge is 0.490 e. The van der Waals surface area contributed by atoms with Crippen molar-refractivity contribution in [2.45, 2.75) is 49.4 Å². The number of ether oxygens (including phenoxy) is 1. The van der Waals surface area contributed by atoms with Crippen LogP contribution in [0.25, 0.3) is 0 Å². The van der Waals surface area contributed by atoms with E-state index in [1.807, 2.05) is 11.0 Å². The van der Waals surface area contributed by atoms with Crippen LogP contribution in [-0.2, 0) is 19.9 Å². The summed E-state index contributed by atoms with van der Waals surface area (Å²) in [6.45, 7) is 1.88. The van der Waals surface area contributed by atoms with E-state index < -0.39 is 18.1 Å². The van der Waals surface area contributed by atoms with Crippen LogP contribution in [0.4, 0.5) is 18.0 Å². The maximum Gasteiger partial charge on any atom is 0.490 e. The number of carboxylic acids is 2. The molecule has 202 valence electrons. The van der Waals surface area contributed by atoms with Gasteiger partial charge in [0, 0.05) is 32.3 Å². The minimum Gasteiger partial charge on any atom is -0.481 e. The highest BCUT2D eigenvalue weighted by atomic mass is 19.4. The Bertz CT molecular complexity index is 902. The van der Waals surface area contributed by atoms with Crippen molar-refractivity contribution in [1.29, 1.82) is 0 Å². The van der Waals surface area contributed by atoms with Gasteiger partial charge in [0.2, 0.25) is 0 Å². The number of nitrogens with zero attached hydrogens (tertiary/aromatic N) is 3. The van der Waals surface area contributed by atoms with E-state index in [0.29, 0.717) is 19.7 Å². The third-order valence-electron chi connectivity index (χ3n) is 7.09. The predicted octanol–water partition coefficient (Wildman–Crippen LogP) is 3.25. The van der Waals surface area contributed by atoms with Crippen LogP contribution in [0.15, 0.2) is 30.3 Å². The van der Waals surface area contributed by atoms with Crippen LogP contribution in [0, 0.1) is 0 Å². The number of rotatable bonds is 8. The van der Waals surface area contributed by atoms with Gasteiger partial charge in [0.05, 0.1) is 18.6 Å². The van der Waals surface area contributed by atoms with Crippen LogP contribution in [0.2, 0.25) is 0 Å². The quantitative estimate of drug-likeness (QED) is 0.545. The molecule has 2 aliphatic rings. The van der Waals surface area contributed by atoms with E-state index in [2.05, 4.69) is 43.3 Å². The summed E-state index contributed by atoms with van der Waals surface area (Å²) in [4.78, 5) is 39.0. The Labute approximate surface area is 208 Å². The molecule has 0 aromatic heterocycles. The second-order valence-corrected chi connectivity index (χ2v) is 9.31. The highest BCUT2D eigenvalue weighted by molar-refractivity contribution is 5.79. The first-order valence-electron chi connectivity index (χ1n) is 11.6. The monoisotopic (exact) mass is 517 g/mol. The van der Waals surface area contributed by atoms with Crippen LogP contribution >= 0.6 is 0 Å². The van der Waals surface area contributed by atoms with Gasteiger partial charge in [0.1, 0.15) is 0 Å². The molecule has 12 heteroatoms. The fourth-order valence-corrected chi connectivity index (χ4v) is 5.10. The van der Waals surface area contributed by atoms with Gasteiger partial charge >= 0.3 is 24.1 Å². The Morgan fingerprint density at radius 1 is 1.06 bits per heavy atom. The highest BCUT2D eigenvalue weighted by Gasteiger charge is 2.54. The lowest BCUT2D eigenvalue weighted by Gasteiger charge is -2.51. The van der Waals surface area contributed by atoms with Crippen molar-refractivity contribution < 1.29 is 42.5 Å². The smallest absolute Gasteiger partial charge is 0.481 e. The second kappa shape index (κ2) is 11.9. The number of alkyl halides is 3. The third-order valence-corrected chi connectivity index (χ3v) is 7.09. The number of halogens is 3. The molecule has 1 spiro atoms. The number of urea groups is 1. The summed E-state index contributed by atoms with van der Waals surface area (Å²) in [5, 5.41) is 16.2. The normalized spacial score (nSPS) is 24.1. The van der Waals surface area contributed by atoms with Gasteiger partial charge in [-0.25, -0.2) is 9.59 Å². The SMILES string of the molecule is COCCN1C(=O)N(CCC(=O)O)CC12CCC(c1ccccc1)(N(C)C)CC2.O=C(O)C(F)(F)F. The zero-order chi connectivity index (χ0) is 27.1. The van der Waals surface area contributed by atoms with E-state index in [-0.39, 0.29) is 30.1 Å². The number of hydrogen-bond donors (Lipinski definition) is 2. The summed E-state index contributed by atoms with van der Waals surface area (Å²) < 4.78 is 37.0. The molecule has 1 saturated carbocycles. The molecular formula is C24H34F3N3O6. The van der Waals surface area contributed by atoms with Crippen molar-refractivity contribution in [3.05, 3.63) is 35.9 Å². The van der Waals surface area contributed by atoms with Gasteiger partial charge in [-0.15, -0.1) is 0 Å². The highest BCUT2D eigenvalue weighted by Crippen LogP contribution is 2.48. The maximum absolute atomic E-state index is 13.1. The first kappa shape index (κ1) is 29.4. The van der Waals surface area contributed by atoms with Crippen LogP contribution in [0.3, 0.4) is 0 Å². The molecule has 2 amide bonds. The molecule has 36 heavy (non-hydrogen) atoms. The number of amides is 2.